The van der Waals surface area contributed by atoms with Crippen molar-refractivity contribution in [2.24, 2.45) is 0 Å². The van der Waals surface area contributed by atoms with Crippen LogP contribution in [0.25, 0.3) is 11.5 Å². The van der Waals surface area contributed by atoms with E-state index in [2.05, 4.69) is 31.4 Å². The molecule has 2 rings (SSSR count). The number of nitrogens with one attached hydrogen (secondary N) is 1. The Bertz CT molecular complexity index is 510. The molecular weight excluding hydrogens is 282 g/mol. The van der Waals surface area contributed by atoms with Crippen molar-refractivity contribution >= 4 is 15.9 Å². The summed E-state index contributed by atoms with van der Waals surface area (Å²) in [7, 11) is 1.90. The highest BCUT2D eigenvalue weighted by Gasteiger charge is 2.08. The highest BCUT2D eigenvalue weighted by atomic mass is 79.9. The van der Waals surface area contributed by atoms with Gasteiger partial charge in [0.1, 0.15) is 0 Å². The fraction of sp³-hybridized carbons (Fsp3) is 0.333. The van der Waals surface area contributed by atoms with Crippen molar-refractivity contribution in [3.8, 4) is 11.5 Å². The number of rotatable bonds is 4. The highest BCUT2D eigenvalue weighted by molar-refractivity contribution is 9.10. The molecule has 0 aliphatic heterocycles. The summed E-state index contributed by atoms with van der Waals surface area (Å²) in [4.78, 5) is 0. The van der Waals surface area contributed by atoms with E-state index < -0.39 is 0 Å². The Morgan fingerprint density at radius 3 is 2.88 bits per heavy atom. The lowest BCUT2D eigenvalue weighted by Gasteiger charge is -1.99. The predicted molar refractivity (Wildman–Crippen MR) is 69.8 cm³/mol. The minimum Gasteiger partial charge on any atom is -0.421 e. The summed E-state index contributed by atoms with van der Waals surface area (Å²) in [5, 5.41) is 11.1. The van der Waals surface area contributed by atoms with Crippen LogP contribution in [0.4, 0.5) is 0 Å². The first kappa shape index (κ1) is 12.3. The largest absolute Gasteiger partial charge is 0.421 e. The Hall–Kier alpha value is -1.20. The Balaban J connectivity index is 2.21. The lowest BCUT2D eigenvalue weighted by molar-refractivity contribution is 0.500. The van der Waals surface area contributed by atoms with Gasteiger partial charge in [-0.1, -0.05) is 15.9 Å². The molecule has 0 saturated heterocycles. The number of nitrogens with zero attached hydrogens (tertiary/aromatic N) is 2. The van der Waals surface area contributed by atoms with Crippen LogP contribution >= 0.6 is 15.9 Å². The SMILES string of the molecule is CNCCc1nnc(-c2ccc(Br)c(C)c2)o1. The normalized spacial score (nSPS) is 10.8. The molecule has 0 unspecified atom stereocenters. The van der Waals surface area contributed by atoms with Gasteiger partial charge in [-0.15, -0.1) is 10.2 Å². The molecule has 1 aromatic heterocycles. The summed E-state index contributed by atoms with van der Waals surface area (Å²) in [6.07, 6.45) is 0.749. The second kappa shape index (κ2) is 5.42. The minimum absolute atomic E-state index is 0.576. The summed E-state index contributed by atoms with van der Waals surface area (Å²) in [5.41, 5.74) is 2.10. The molecule has 0 aliphatic carbocycles. The van der Waals surface area contributed by atoms with E-state index in [0.29, 0.717) is 11.8 Å². The standard InChI is InChI=1S/C12H14BrN3O/c1-8-7-9(3-4-10(8)13)12-16-15-11(17-12)5-6-14-2/h3-4,7,14H,5-6H2,1-2H3. The van der Waals surface area contributed by atoms with E-state index in [1.807, 2.05) is 32.2 Å². The molecule has 1 aromatic carbocycles. The topological polar surface area (TPSA) is 51.0 Å². The molecule has 0 aliphatic rings. The third-order valence-electron chi connectivity index (χ3n) is 2.46. The maximum absolute atomic E-state index is 5.59. The van der Waals surface area contributed by atoms with Gasteiger partial charge in [-0.05, 0) is 37.7 Å². The van der Waals surface area contributed by atoms with Gasteiger partial charge in [-0.3, -0.25) is 0 Å². The van der Waals surface area contributed by atoms with E-state index >= 15 is 0 Å². The Labute approximate surface area is 109 Å². The molecule has 0 bridgehead atoms. The van der Waals surface area contributed by atoms with Gasteiger partial charge in [-0.25, -0.2) is 0 Å². The van der Waals surface area contributed by atoms with Gasteiger partial charge in [0.25, 0.3) is 0 Å². The van der Waals surface area contributed by atoms with Crippen molar-refractivity contribution in [1.29, 1.82) is 0 Å². The van der Waals surface area contributed by atoms with Gasteiger partial charge in [0, 0.05) is 23.0 Å². The van der Waals surface area contributed by atoms with Crippen molar-refractivity contribution in [3.05, 3.63) is 34.1 Å². The smallest absolute Gasteiger partial charge is 0.247 e. The van der Waals surface area contributed by atoms with Crippen molar-refractivity contribution in [1.82, 2.24) is 15.5 Å². The number of benzene rings is 1. The van der Waals surface area contributed by atoms with E-state index in [9.17, 15) is 0 Å². The molecule has 0 fully saturated rings. The highest BCUT2D eigenvalue weighted by Crippen LogP contribution is 2.24. The van der Waals surface area contributed by atoms with Crippen LogP contribution in [-0.2, 0) is 6.42 Å². The van der Waals surface area contributed by atoms with Crippen LogP contribution in [-0.4, -0.2) is 23.8 Å². The first-order chi connectivity index (χ1) is 8.20. The maximum Gasteiger partial charge on any atom is 0.247 e. The van der Waals surface area contributed by atoms with Gasteiger partial charge in [0.05, 0.1) is 0 Å². The Morgan fingerprint density at radius 1 is 1.35 bits per heavy atom. The lowest BCUT2D eigenvalue weighted by atomic mass is 10.1. The second-order valence-corrected chi connectivity index (χ2v) is 4.67. The van der Waals surface area contributed by atoms with Crippen LogP contribution in [0.3, 0.4) is 0 Å². The molecule has 90 valence electrons. The van der Waals surface area contributed by atoms with Gasteiger partial charge in [-0.2, -0.15) is 0 Å². The molecule has 0 radical (unpaired) electrons. The molecular formula is C12H14BrN3O. The molecule has 1 heterocycles. The minimum atomic E-state index is 0.576. The summed E-state index contributed by atoms with van der Waals surface area (Å²) >= 11 is 3.47. The third-order valence-corrected chi connectivity index (χ3v) is 3.35. The summed E-state index contributed by atoms with van der Waals surface area (Å²) in [5.74, 6) is 1.24. The van der Waals surface area contributed by atoms with Crippen LogP contribution in [0.5, 0.6) is 0 Å². The van der Waals surface area contributed by atoms with Crippen molar-refractivity contribution in [3.63, 3.8) is 0 Å². The lowest BCUT2D eigenvalue weighted by Crippen LogP contribution is -2.10. The van der Waals surface area contributed by atoms with Crippen LogP contribution in [0.15, 0.2) is 27.1 Å². The van der Waals surface area contributed by atoms with Crippen LogP contribution in [0.1, 0.15) is 11.5 Å². The first-order valence-electron chi connectivity index (χ1n) is 5.44. The first-order valence-corrected chi connectivity index (χ1v) is 6.23. The monoisotopic (exact) mass is 295 g/mol. The van der Waals surface area contributed by atoms with Gasteiger partial charge in [0.15, 0.2) is 0 Å². The van der Waals surface area contributed by atoms with E-state index in [-0.39, 0.29) is 0 Å². The molecule has 0 saturated carbocycles. The predicted octanol–water partition coefficient (Wildman–Crippen LogP) is 2.57. The van der Waals surface area contributed by atoms with Crippen LogP contribution in [0, 0.1) is 6.92 Å². The van der Waals surface area contributed by atoms with Crippen LogP contribution < -0.4 is 5.32 Å². The van der Waals surface area contributed by atoms with Crippen LogP contribution in [0.2, 0.25) is 0 Å². The third kappa shape index (κ3) is 2.92. The van der Waals surface area contributed by atoms with Gasteiger partial charge >= 0.3 is 0 Å². The number of likely N-dealkylation sites (N-methyl/N-ethyl adjacent to an activating group) is 1. The molecule has 0 atom stereocenters. The summed E-state index contributed by atoms with van der Waals surface area (Å²) < 4.78 is 6.67. The van der Waals surface area contributed by atoms with Crippen molar-refractivity contribution in [2.45, 2.75) is 13.3 Å². The number of aromatic nitrogens is 2. The fourth-order valence-electron chi connectivity index (χ4n) is 1.48. The van der Waals surface area contributed by atoms with E-state index in [0.717, 1.165) is 28.6 Å². The molecule has 0 amide bonds. The van der Waals surface area contributed by atoms with Gasteiger partial charge < -0.3 is 9.73 Å². The fourth-order valence-corrected chi connectivity index (χ4v) is 1.73. The van der Waals surface area contributed by atoms with E-state index in [1.54, 1.807) is 0 Å². The van der Waals surface area contributed by atoms with Gasteiger partial charge in [0.2, 0.25) is 11.8 Å². The molecule has 5 heteroatoms. The molecule has 0 spiro atoms. The number of hydrogen-bond acceptors (Lipinski definition) is 4. The molecule has 4 nitrogen and oxygen atoms in total. The number of halogens is 1. The zero-order chi connectivity index (χ0) is 12.3. The van der Waals surface area contributed by atoms with Crippen molar-refractivity contribution in [2.75, 3.05) is 13.6 Å². The number of hydrogen-bond donors (Lipinski definition) is 1. The maximum atomic E-state index is 5.59. The zero-order valence-electron chi connectivity index (χ0n) is 9.83. The van der Waals surface area contributed by atoms with Crippen molar-refractivity contribution < 1.29 is 4.42 Å². The Kier molecular flexibility index (Phi) is 3.91. The van der Waals surface area contributed by atoms with E-state index in [4.69, 9.17) is 4.42 Å². The zero-order valence-corrected chi connectivity index (χ0v) is 11.4. The second-order valence-electron chi connectivity index (χ2n) is 3.82. The number of aryl methyl sites for hydroxylation is 1. The quantitative estimate of drug-likeness (QED) is 0.942. The summed E-state index contributed by atoms with van der Waals surface area (Å²) in [6.45, 7) is 2.87. The molecule has 17 heavy (non-hydrogen) atoms. The molecule has 2 aromatic rings. The average Bonchev–Trinajstić information content (AvgIpc) is 2.79. The molecule has 1 N–H and O–H groups in total. The average molecular weight is 296 g/mol. The summed E-state index contributed by atoms with van der Waals surface area (Å²) in [6, 6.07) is 5.98. The Morgan fingerprint density at radius 2 is 2.18 bits per heavy atom. The van der Waals surface area contributed by atoms with E-state index in [1.165, 1.54) is 0 Å².